The molecule has 0 heterocycles. The van der Waals surface area contributed by atoms with E-state index >= 15 is 0 Å². The van der Waals surface area contributed by atoms with Gasteiger partial charge in [-0.05, 0) is 6.16 Å². The molecule has 0 nitrogen and oxygen atoms in total. The highest BCUT2D eigenvalue weighted by Gasteiger charge is 2.37. The fraction of sp³-hybridized carbons (Fsp3) is 1.00. The minimum Gasteiger partial charge on any atom is -0.171 e. The van der Waals surface area contributed by atoms with Gasteiger partial charge in [0, 0.05) is 0 Å². The van der Waals surface area contributed by atoms with E-state index in [0.29, 0.717) is 6.42 Å². The molecule has 86 valence electrons. The molecule has 0 bridgehead atoms. The Hall–Kier alpha value is 0.01000. The molecular formula is C7H11F6P. The van der Waals surface area contributed by atoms with Crippen LogP contribution in [0.2, 0.25) is 0 Å². The van der Waals surface area contributed by atoms with Crippen molar-refractivity contribution in [2.75, 3.05) is 18.5 Å². The molecule has 0 aromatic carbocycles. The molecule has 0 unspecified atom stereocenters. The Morgan fingerprint density at radius 1 is 0.857 bits per heavy atom. The molecule has 0 radical (unpaired) electrons. The van der Waals surface area contributed by atoms with Crippen molar-refractivity contribution in [3.63, 3.8) is 0 Å². The summed E-state index contributed by atoms with van der Waals surface area (Å²) < 4.78 is 71.1. The van der Waals surface area contributed by atoms with E-state index in [1.807, 2.05) is 0 Å². The second-order valence-corrected chi connectivity index (χ2v) is 5.36. The highest BCUT2D eigenvalue weighted by Crippen LogP contribution is 2.45. The third kappa shape index (κ3) is 8.60. The number of halogens is 6. The highest BCUT2D eigenvalue weighted by molar-refractivity contribution is 7.57. The Balaban J connectivity index is 4.16. The van der Waals surface area contributed by atoms with Crippen LogP contribution in [0.15, 0.2) is 0 Å². The van der Waals surface area contributed by atoms with Crippen LogP contribution in [0.4, 0.5) is 26.3 Å². The molecule has 0 aliphatic rings. The maximum atomic E-state index is 11.9. The van der Waals surface area contributed by atoms with Crippen molar-refractivity contribution in [2.45, 2.75) is 25.7 Å². The zero-order valence-corrected chi connectivity index (χ0v) is 8.44. The lowest BCUT2D eigenvalue weighted by Gasteiger charge is -2.20. The first kappa shape index (κ1) is 14.0. The summed E-state index contributed by atoms with van der Waals surface area (Å²) >= 11 is 0. The Kier molecular flexibility index (Phi) is 5.20. The van der Waals surface area contributed by atoms with Gasteiger partial charge in [0.15, 0.2) is 0 Å². The summed E-state index contributed by atoms with van der Waals surface area (Å²) in [7, 11) is -1.99. The molecule has 0 N–H and O–H groups in total. The summed E-state index contributed by atoms with van der Waals surface area (Å²) in [5.74, 6) is 0. The first-order valence-corrected chi connectivity index (χ1v) is 5.89. The van der Waals surface area contributed by atoms with E-state index in [2.05, 4.69) is 0 Å². The summed E-state index contributed by atoms with van der Waals surface area (Å²) in [5, 5.41) is 0. The molecule has 0 saturated heterocycles. The number of hydrogen-bond acceptors (Lipinski definition) is 0. The maximum Gasteiger partial charge on any atom is 0.392 e. The van der Waals surface area contributed by atoms with E-state index < -0.39 is 32.6 Å². The van der Waals surface area contributed by atoms with Gasteiger partial charge in [0.1, 0.15) is 0 Å². The lowest BCUT2D eigenvalue weighted by molar-refractivity contribution is -0.111. The van der Waals surface area contributed by atoms with Crippen molar-refractivity contribution in [3.8, 4) is 0 Å². The largest absolute Gasteiger partial charge is 0.392 e. The monoisotopic (exact) mass is 240 g/mol. The second-order valence-electron chi connectivity index (χ2n) is 2.94. The topological polar surface area (TPSA) is 0 Å². The molecule has 0 aliphatic carbocycles. The fourth-order valence-electron chi connectivity index (χ4n) is 1.04. The average molecular weight is 240 g/mol. The number of alkyl halides is 6. The molecule has 0 aliphatic heterocycles. The van der Waals surface area contributed by atoms with Crippen LogP contribution >= 0.6 is 7.92 Å². The molecule has 0 amide bonds. The zero-order valence-electron chi connectivity index (χ0n) is 7.54. The summed E-state index contributed by atoms with van der Waals surface area (Å²) in [5.41, 5.74) is 0. The third-order valence-corrected chi connectivity index (χ3v) is 4.04. The van der Waals surface area contributed by atoms with Crippen molar-refractivity contribution in [3.05, 3.63) is 0 Å². The zero-order chi connectivity index (χ0) is 11.4. The van der Waals surface area contributed by atoms with Crippen molar-refractivity contribution in [1.82, 2.24) is 0 Å². The van der Waals surface area contributed by atoms with Gasteiger partial charge in [0.25, 0.3) is 0 Å². The Bertz CT molecular complexity index is 145. The highest BCUT2D eigenvalue weighted by atomic mass is 31.1. The van der Waals surface area contributed by atoms with E-state index in [1.165, 1.54) is 0 Å². The van der Waals surface area contributed by atoms with Gasteiger partial charge in [0.2, 0.25) is 0 Å². The average Bonchev–Trinajstić information content (AvgIpc) is 1.78. The molecule has 0 saturated carbocycles. The van der Waals surface area contributed by atoms with Gasteiger partial charge in [-0.1, -0.05) is 21.3 Å². The smallest absolute Gasteiger partial charge is 0.171 e. The Labute approximate surface area is 79.4 Å². The molecular weight excluding hydrogens is 229 g/mol. The van der Waals surface area contributed by atoms with Crippen molar-refractivity contribution in [2.24, 2.45) is 0 Å². The van der Waals surface area contributed by atoms with Crippen LogP contribution in [0.3, 0.4) is 0 Å². The standard InChI is InChI=1S/C7H11F6P/c1-2-3-14(4-6(8,9)10)5-7(11,12)13/h2-5H2,1H3. The molecule has 0 atom stereocenters. The minimum absolute atomic E-state index is 0.0222. The van der Waals surface area contributed by atoms with Crippen LogP contribution in [0.25, 0.3) is 0 Å². The first-order chi connectivity index (χ1) is 6.14. The van der Waals surface area contributed by atoms with Crippen LogP contribution in [0.5, 0.6) is 0 Å². The molecule has 0 rings (SSSR count). The fourth-order valence-corrected chi connectivity index (χ4v) is 3.11. The third-order valence-electron chi connectivity index (χ3n) is 1.35. The lowest BCUT2D eigenvalue weighted by atomic mass is 10.6. The summed E-state index contributed by atoms with van der Waals surface area (Å²) in [4.78, 5) is 0. The Morgan fingerprint density at radius 3 is 1.43 bits per heavy atom. The van der Waals surface area contributed by atoms with E-state index in [-0.39, 0.29) is 6.16 Å². The minimum atomic E-state index is -4.48. The van der Waals surface area contributed by atoms with Crippen molar-refractivity contribution >= 4 is 7.92 Å². The van der Waals surface area contributed by atoms with Crippen LogP contribution in [0, 0.1) is 0 Å². The van der Waals surface area contributed by atoms with Gasteiger partial charge < -0.3 is 0 Å². The first-order valence-electron chi connectivity index (χ1n) is 4.00. The van der Waals surface area contributed by atoms with E-state index in [1.54, 1.807) is 6.92 Å². The molecule has 0 spiro atoms. The predicted octanol–water partition coefficient (Wildman–Crippen LogP) is 4.00. The van der Waals surface area contributed by atoms with Gasteiger partial charge in [-0.25, -0.2) is 0 Å². The van der Waals surface area contributed by atoms with Crippen molar-refractivity contribution < 1.29 is 26.3 Å². The van der Waals surface area contributed by atoms with Gasteiger partial charge in [-0.15, -0.1) is 0 Å². The summed E-state index contributed by atoms with van der Waals surface area (Å²) in [6, 6.07) is 0. The number of hydrogen-bond donors (Lipinski definition) is 0. The predicted molar refractivity (Wildman–Crippen MR) is 43.9 cm³/mol. The van der Waals surface area contributed by atoms with E-state index in [4.69, 9.17) is 0 Å². The van der Waals surface area contributed by atoms with E-state index in [9.17, 15) is 26.3 Å². The van der Waals surface area contributed by atoms with Gasteiger partial charge in [0.05, 0.1) is 12.3 Å². The lowest BCUT2D eigenvalue weighted by Crippen LogP contribution is -2.20. The van der Waals surface area contributed by atoms with Gasteiger partial charge in [-0.3, -0.25) is 0 Å². The molecule has 7 heteroatoms. The van der Waals surface area contributed by atoms with Gasteiger partial charge in [-0.2, -0.15) is 26.3 Å². The normalized spacial score (nSPS) is 13.7. The Morgan fingerprint density at radius 2 is 1.21 bits per heavy atom. The SMILES string of the molecule is CCCP(CC(F)(F)F)CC(F)(F)F. The molecule has 0 fully saturated rings. The van der Waals surface area contributed by atoms with Crippen LogP contribution in [-0.2, 0) is 0 Å². The van der Waals surface area contributed by atoms with Crippen LogP contribution in [0.1, 0.15) is 13.3 Å². The molecule has 0 aromatic heterocycles. The van der Waals surface area contributed by atoms with Gasteiger partial charge >= 0.3 is 12.4 Å². The van der Waals surface area contributed by atoms with Crippen LogP contribution in [-0.4, -0.2) is 30.8 Å². The van der Waals surface area contributed by atoms with Crippen molar-refractivity contribution in [1.29, 1.82) is 0 Å². The van der Waals surface area contributed by atoms with Crippen LogP contribution < -0.4 is 0 Å². The molecule has 0 aromatic rings. The molecule has 14 heavy (non-hydrogen) atoms. The maximum absolute atomic E-state index is 11.9. The summed E-state index contributed by atoms with van der Waals surface area (Å²) in [6.07, 6.45) is -11.1. The second kappa shape index (κ2) is 5.19. The number of rotatable bonds is 4. The quantitative estimate of drug-likeness (QED) is 0.514. The van der Waals surface area contributed by atoms with E-state index in [0.717, 1.165) is 0 Å². The summed E-state index contributed by atoms with van der Waals surface area (Å²) in [6.45, 7) is 1.59.